The molecule has 16 heavy (non-hydrogen) atoms. The number of aliphatic hydroxyl groups is 1. The molecular formula is C13H21NO2. The van der Waals surface area contributed by atoms with E-state index in [-0.39, 0.29) is 12.6 Å². The summed E-state index contributed by atoms with van der Waals surface area (Å²) in [5.74, 6) is 0.915. The zero-order chi connectivity index (χ0) is 11.8. The van der Waals surface area contributed by atoms with Gasteiger partial charge in [-0.05, 0) is 31.0 Å². The summed E-state index contributed by atoms with van der Waals surface area (Å²) in [5, 5.41) is 12.1. The van der Waals surface area contributed by atoms with E-state index in [0.29, 0.717) is 0 Å². The highest BCUT2D eigenvalue weighted by Crippen LogP contribution is 2.13. The minimum Gasteiger partial charge on any atom is -0.494 e. The molecule has 0 spiro atoms. The number of aliphatic hydroxyl groups excluding tert-OH is 1. The van der Waals surface area contributed by atoms with Gasteiger partial charge in [0.1, 0.15) is 5.75 Å². The van der Waals surface area contributed by atoms with Crippen molar-refractivity contribution in [2.75, 3.05) is 13.2 Å². The number of rotatable bonds is 7. The van der Waals surface area contributed by atoms with Gasteiger partial charge in [0.25, 0.3) is 0 Å². The highest BCUT2D eigenvalue weighted by molar-refractivity contribution is 5.28. The van der Waals surface area contributed by atoms with Crippen LogP contribution in [-0.2, 0) is 6.54 Å². The van der Waals surface area contributed by atoms with Gasteiger partial charge in [0.05, 0.1) is 13.2 Å². The second-order valence-corrected chi connectivity index (χ2v) is 3.96. The predicted octanol–water partition coefficient (Wildman–Crippen LogP) is 1.95. The van der Waals surface area contributed by atoms with Crippen LogP contribution in [0.3, 0.4) is 0 Å². The lowest BCUT2D eigenvalue weighted by molar-refractivity contribution is 0.251. The van der Waals surface area contributed by atoms with E-state index in [1.807, 2.05) is 25.1 Å². The van der Waals surface area contributed by atoms with Crippen LogP contribution in [0.4, 0.5) is 0 Å². The minimum atomic E-state index is 0.125. The topological polar surface area (TPSA) is 41.5 Å². The highest BCUT2D eigenvalue weighted by atomic mass is 16.5. The first-order valence-electron chi connectivity index (χ1n) is 5.82. The molecule has 0 radical (unpaired) electrons. The van der Waals surface area contributed by atoms with Crippen molar-refractivity contribution in [1.29, 1.82) is 0 Å². The summed E-state index contributed by atoms with van der Waals surface area (Å²) in [6.07, 6.45) is 1.02. The van der Waals surface area contributed by atoms with E-state index in [0.717, 1.165) is 25.3 Å². The molecule has 0 amide bonds. The van der Waals surface area contributed by atoms with Crippen LogP contribution in [0, 0.1) is 0 Å². The maximum atomic E-state index is 8.90. The quantitative estimate of drug-likeness (QED) is 0.742. The van der Waals surface area contributed by atoms with Crippen molar-refractivity contribution in [3.8, 4) is 5.75 Å². The largest absolute Gasteiger partial charge is 0.494 e. The third kappa shape index (κ3) is 4.64. The van der Waals surface area contributed by atoms with E-state index >= 15 is 0 Å². The van der Waals surface area contributed by atoms with E-state index in [9.17, 15) is 0 Å². The van der Waals surface area contributed by atoms with Gasteiger partial charge in [-0.25, -0.2) is 0 Å². The number of hydrogen-bond acceptors (Lipinski definition) is 3. The Morgan fingerprint density at radius 3 is 2.94 bits per heavy atom. The number of nitrogens with one attached hydrogen (secondary N) is 1. The van der Waals surface area contributed by atoms with Crippen molar-refractivity contribution in [2.24, 2.45) is 0 Å². The maximum absolute atomic E-state index is 8.90. The van der Waals surface area contributed by atoms with E-state index in [4.69, 9.17) is 9.84 Å². The maximum Gasteiger partial charge on any atom is 0.119 e. The first kappa shape index (κ1) is 13.0. The molecule has 0 bridgehead atoms. The molecule has 0 aromatic heterocycles. The van der Waals surface area contributed by atoms with Crippen molar-refractivity contribution in [2.45, 2.75) is 32.9 Å². The smallest absolute Gasteiger partial charge is 0.119 e. The van der Waals surface area contributed by atoms with E-state index in [1.165, 1.54) is 5.56 Å². The van der Waals surface area contributed by atoms with Crippen molar-refractivity contribution in [3.63, 3.8) is 0 Å². The average molecular weight is 223 g/mol. The molecule has 1 atom stereocenters. The Kier molecular flexibility index (Phi) is 5.90. The van der Waals surface area contributed by atoms with Crippen LogP contribution in [0.2, 0.25) is 0 Å². The van der Waals surface area contributed by atoms with Crippen LogP contribution in [0.1, 0.15) is 25.8 Å². The zero-order valence-electron chi connectivity index (χ0n) is 10.1. The molecule has 0 aliphatic heterocycles. The Bertz CT molecular complexity index is 302. The Morgan fingerprint density at radius 2 is 2.25 bits per heavy atom. The van der Waals surface area contributed by atoms with Crippen molar-refractivity contribution in [1.82, 2.24) is 5.32 Å². The highest BCUT2D eigenvalue weighted by Gasteiger charge is 2.00. The van der Waals surface area contributed by atoms with Gasteiger partial charge in [0.15, 0.2) is 0 Å². The standard InChI is InChI=1S/C13H21NO2/c1-3-7-16-13-6-4-5-12(8-13)9-14-11(2)10-15/h4-6,8,11,14-15H,3,7,9-10H2,1-2H3. The summed E-state index contributed by atoms with van der Waals surface area (Å²) in [6, 6.07) is 8.17. The molecular weight excluding hydrogens is 202 g/mol. The normalized spacial score (nSPS) is 12.4. The third-order valence-corrected chi connectivity index (χ3v) is 2.30. The second kappa shape index (κ2) is 7.25. The van der Waals surface area contributed by atoms with Gasteiger partial charge in [0, 0.05) is 12.6 Å². The van der Waals surface area contributed by atoms with Crippen LogP contribution in [-0.4, -0.2) is 24.4 Å². The zero-order valence-corrected chi connectivity index (χ0v) is 10.1. The Morgan fingerprint density at radius 1 is 1.44 bits per heavy atom. The summed E-state index contributed by atoms with van der Waals surface area (Å²) in [6.45, 7) is 5.72. The van der Waals surface area contributed by atoms with Crippen molar-refractivity contribution in [3.05, 3.63) is 29.8 Å². The third-order valence-electron chi connectivity index (χ3n) is 2.30. The Balaban J connectivity index is 2.46. The first-order chi connectivity index (χ1) is 7.76. The van der Waals surface area contributed by atoms with Crippen molar-refractivity contribution < 1.29 is 9.84 Å². The summed E-state index contributed by atoms with van der Waals surface area (Å²) in [7, 11) is 0. The molecule has 1 aromatic carbocycles. The van der Waals surface area contributed by atoms with Gasteiger partial charge >= 0.3 is 0 Å². The molecule has 0 fully saturated rings. The van der Waals surface area contributed by atoms with Crippen LogP contribution < -0.4 is 10.1 Å². The first-order valence-corrected chi connectivity index (χ1v) is 5.82. The lowest BCUT2D eigenvalue weighted by Gasteiger charge is -2.11. The molecule has 2 N–H and O–H groups in total. The molecule has 90 valence electrons. The van der Waals surface area contributed by atoms with Gasteiger partial charge in [-0.1, -0.05) is 19.1 Å². The summed E-state index contributed by atoms with van der Waals surface area (Å²) >= 11 is 0. The van der Waals surface area contributed by atoms with Crippen molar-refractivity contribution >= 4 is 0 Å². The molecule has 0 saturated carbocycles. The Labute approximate surface area is 97.4 Å². The van der Waals surface area contributed by atoms with Gasteiger partial charge < -0.3 is 15.2 Å². The fourth-order valence-corrected chi connectivity index (χ4v) is 1.32. The molecule has 0 aliphatic rings. The summed E-state index contributed by atoms with van der Waals surface area (Å²) in [4.78, 5) is 0. The van der Waals surface area contributed by atoms with Crippen LogP contribution >= 0.6 is 0 Å². The van der Waals surface area contributed by atoms with Gasteiger partial charge in [-0.2, -0.15) is 0 Å². The molecule has 0 heterocycles. The SMILES string of the molecule is CCCOc1cccc(CNC(C)CO)c1. The molecule has 3 heteroatoms. The monoisotopic (exact) mass is 223 g/mol. The Hall–Kier alpha value is -1.06. The van der Waals surface area contributed by atoms with E-state index in [1.54, 1.807) is 0 Å². The van der Waals surface area contributed by atoms with Gasteiger partial charge in [-0.15, -0.1) is 0 Å². The molecule has 0 aliphatic carbocycles. The van der Waals surface area contributed by atoms with Gasteiger partial charge in [0.2, 0.25) is 0 Å². The number of benzene rings is 1. The number of ether oxygens (including phenoxy) is 1. The second-order valence-electron chi connectivity index (χ2n) is 3.96. The fraction of sp³-hybridized carbons (Fsp3) is 0.538. The molecule has 1 unspecified atom stereocenters. The molecule has 0 saturated heterocycles. The molecule has 1 rings (SSSR count). The number of hydrogen-bond donors (Lipinski definition) is 2. The molecule has 1 aromatic rings. The predicted molar refractivity (Wildman–Crippen MR) is 65.6 cm³/mol. The van der Waals surface area contributed by atoms with Crippen LogP contribution in [0.25, 0.3) is 0 Å². The van der Waals surface area contributed by atoms with Gasteiger partial charge in [-0.3, -0.25) is 0 Å². The van der Waals surface area contributed by atoms with Crippen LogP contribution in [0.15, 0.2) is 24.3 Å². The summed E-state index contributed by atoms with van der Waals surface area (Å²) in [5.41, 5.74) is 1.17. The van der Waals surface area contributed by atoms with E-state index < -0.39 is 0 Å². The lowest BCUT2D eigenvalue weighted by atomic mass is 10.2. The summed E-state index contributed by atoms with van der Waals surface area (Å²) < 4.78 is 5.55. The lowest BCUT2D eigenvalue weighted by Crippen LogP contribution is -2.28. The average Bonchev–Trinajstić information content (AvgIpc) is 2.34. The minimum absolute atomic E-state index is 0.125. The van der Waals surface area contributed by atoms with Crippen LogP contribution in [0.5, 0.6) is 5.75 Å². The van der Waals surface area contributed by atoms with E-state index in [2.05, 4.69) is 18.3 Å². The fourth-order valence-electron chi connectivity index (χ4n) is 1.32. The molecule has 3 nitrogen and oxygen atoms in total.